The highest BCUT2D eigenvalue weighted by atomic mass is 16.5. The van der Waals surface area contributed by atoms with Crippen molar-refractivity contribution in [3.05, 3.63) is 0 Å². The van der Waals surface area contributed by atoms with E-state index < -0.39 is 0 Å². The molecule has 1 N–H and O–H groups in total. The number of amides is 1. The van der Waals surface area contributed by atoms with Crippen molar-refractivity contribution in [3.63, 3.8) is 0 Å². The lowest BCUT2D eigenvalue weighted by Crippen LogP contribution is -2.49. The maximum absolute atomic E-state index is 12.9. The molecule has 3 rings (SSSR count). The van der Waals surface area contributed by atoms with Gasteiger partial charge in [0, 0.05) is 0 Å². The summed E-state index contributed by atoms with van der Waals surface area (Å²) in [6.45, 7) is 8.85. The van der Waals surface area contributed by atoms with E-state index in [9.17, 15) is 4.79 Å². The van der Waals surface area contributed by atoms with Crippen LogP contribution in [0.15, 0.2) is 0 Å². The van der Waals surface area contributed by atoms with Gasteiger partial charge in [0.2, 0.25) is 5.91 Å². The third kappa shape index (κ3) is 2.98. The quantitative estimate of drug-likeness (QED) is 0.847. The molecule has 0 aromatic heterocycles. The fraction of sp³-hybridized carbons (Fsp3) is 0.941. The summed E-state index contributed by atoms with van der Waals surface area (Å²) in [4.78, 5) is 15.1. The maximum Gasteiger partial charge on any atom is 0.241 e. The molecule has 0 radical (unpaired) electrons. The van der Waals surface area contributed by atoms with Crippen molar-refractivity contribution in [1.29, 1.82) is 0 Å². The molecule has 0 aromatic rings. The summed E-state index contributed by atoms with van der Waals surface area (Å²) in [6.07, 6.45) is 6.21. The molecule has 0 aromatic carbocycles. The highest BCUT2D eigenvalue weighted by molar-refractivity contribution is 5.84. The first-order valence-electron chi connectivity index (χ1n) is 8.69. The van der Waals surface area contributed by atoms with Gasteiger partial charge in [0.1, 0.15) is 0 Å². The van der Waals surface area contributed by atoms with Gasteiger partial charge in [-0.05, 0) is 43.9 Å². The molecule has 3 aliphatic heterocycles. The highest BCUT2D eigenvalue weighted by Gasteiger charge is 2.50. The molecule has 21 heavy (non-hydrogen) atoms. The van der Waals surface area contributed by atoms with Gasteiger partial charge in [-0.15, -0.1) is 0 Å². The average Bonchev–Trinajstić information content (AvgIpc) is 3.04. The Kier molecular flexibility index (Phi) is 4.28. The Morgan fingerprint density at radius 3 is 2.43 bits per heavy atom. The molecule has 1 amide bonds. The van der Waals surface area contributed by atoms with Gasteiger partial charge in [0.25, 0.3) is 0 Å². The minimum absolute atomic E-state index is 0.00729. The molecule has 4 nitrogen and oxygen atoms in total. The Bertz CT molecular complexity index is 396. The van der Waals surface area contributed by atoms with Crippen molar-refractivity contribution >= 4 is 5.91 Å². The van der Waals surface area contributed by atoms with E-state index >= 15 is 0 Å². The smallest absolute Gasteiger partial charge is 0.241 e. The van der Waals surface area contributed by atoms with Gasteiger partial charge in [-0.25, -0.2) is 0 Å². The van der Waals surface area contributed by atoms with Crippen LogP contribution in [0.1, 0.15) is 59.8 Å². The second-order valence-electron chi connectivity index (χ2n) is 7.92. The molecule has 4 heteroatoms. The normalized spacial score (nSPS) is 39.2. The summed E-state index contributed by atoms with van der Waals surface area (Å²) in [5, 5.41) is 3.61. The monoisotopic (exact) mass is 294 g/mol. The zero-order valence-corrected chi connectivity index (χ0v) is 13.8. The molecule has 3 aliphatic rings. The minimum atomic E-state index is 0.00729. The average molecular weight is 294 g/mol. The highest BCUT2D eigenvalue weighted by Crippen LogP contribution is 2.39. The Morgan fingerprint density at radius 2 is 1.90 bits per heavy atom. The van der Waals surface area contributed by atoms with Crippen LogP contribution in [0.4, 0.5) is 0 Å². The van der Waals surface area contributed by atoms with Crippen LogP contribution >= 0.6 is 0 Å². The predicted molar refractivity (Wildman–Crippen MR) is 82.8 cm³/mol. The lowest BCUT2D eigenvalue weighted by Gasteiger charge is -2.34. The van der Waals surface area contributed by atoms with Crippen molar-refractivity contribution in [2.45, 2.75) is 90.3 Å². The summed E-state index contributed by atoms with van der Waals surface area (Å²) >= 11 is 0. The Hall–Kier alpha value is -0.610. The molecule has 0 spiro atoms. The van der Waals surface area contributed by atoms with E-state index in [-0.39, 0.29) is 18.3 Å². The number of rotatable bonds is 5. The van der Waals surface area contributed by atoms with Crippen molar-refractivity contribution in [2.24, 2.45) is 11.8 Å². The Balaban J connectivity index is 1.75. The maximum atomic E-state index is 12.9. The second kappa shape index (κ2) is 5.88. The first kappa shape index (κ1) is 15.3. The lowest BCUT2D eigenvalue weighted by molar-refractivity contribution is -0.133. The van der Waals surface area contributed by atoms with E-state index in [4.69, 9.17) is 4.74 Å². The molecule has 0 aliphatic carbocycles. The molecule has 3 saturated heterocycles. The van der Waals surface area contributed by atoms with Crippen molar-refractivity contribution in [2.75, 3.05) is 0 Å². The van der Waals surface area contributed by atoms with Crippen LogP contribution in [-0.2, 0) is 9.53 Å². The third-order valence-electron chi connectivity index (χ3n) is 5.11. The van der Waals surface area contributed by atoms with Gasteiger partial charge in [-0.3, -0.25) is 10.1 Å². The van der Waals surface area contributed by atoms with Gasteiger partial charge in [0.05, 0.1) is 30.5 Å². The fourth-order valence-corrected chi connectivity index (χ4v) is 4.28. The molecule has 120 valence electrons. The van der Waals surface area contributed by atoms with Crippen molar-refractivity contribution in [1.82, 2.24) is 10.2 Å². The van der Waals surface area contributed by atoms with Gasteiger partial charge >= 0.3 is 0 Å². The number of carbonyl (C=O) groups excluding carboxylic acids is 1. The second-order valence-corrected chi connectivity index (χ2v) is 7.92. The van der Waals surface area contributed by atoms with Crippen LogP contribution in [-0.4, -0.2) is 41.3 Å². The van der Waals surface area contributed by atoms with Gasteiger partial charge in [-0.1, -0.05) is 27.7 Å². The summed E-state index contributed by atoms with van der Waals surface area (Å²) in [6, 6.07) is 0.317. The number of nitrogens with one attached hydrogen (secondary N) is 1. The zero-order valence-electron chi connectivity index (χ0n) is 13.8. The van der Waals surface area contributed by atoms with Gasteiger partial charge in [-0.2, -0.15) is 0 Å². The van der Waals surface area contributed by atoms with Crippen LogP contribution in [0.5, 0.6) is 0 Å². The summed E-state index contributed by atoms with van der Waals surface area (Å²) < 4.78 is 5.99. The summed E-state index contributed by atoms with van der Waals surface area (Å²) in [7, 11) is 0. The SMILES string of the molecule is CC(C)CC1NC(CC(C)C)N(C2CC3CCC2O3)C1=O. The number of hydrogen-bond donors (Lipinski definition) is 1. The van der Waals surface area contributed by atoms with Crippen LogP contribution in [0.3, 0.4) is 0 Å². The predicted octanol–water partition coefficient (Wildman–Crippen LogP) is 2.53. The molecule has 5 atom stereocenters. The van der Waals surface area contributed by atoms with Crippen molar-refractivity contribution < 1.29 is 9.53 Å². The summed E-state index contributed by atoms with van der Waals surface area (Å²) in [5.74, 6) is 1.45. The first-order chi connectivity index (χ1) is 9.95. The topological polar surface area (TPSA) is 41.6 Å². The summed E-state index contributed by atoms with van der Waals surface area (Å²) in [5.41, 5.74) is 0. The standard InChI is InChI=1S/C17H30N2O2/c1-10(2)7-13-17(20)19(16(18-13)8-11(3)4)14-9-12-5-6-15(14)21-12/h10-16,18H,5-9H2,1-4H3. The van der Waals surface area contributed by atoms with E-state index in [1.54, 1.807) is 0 Å². The minimum Gasteiger partial charge on any atom is -0.373 e. The molecule has 5 unspecified atom stereocenters. The number of carbonyl (C=O) groups is 1. The fourth-order valence-electron chi connectivity index (χ4n) is 4.28. The van der Waals surface area contributed by atoms with E-state index in [2.05, 4.69) is 37.9 Å². The van der Waals surface area contributed by atoms with E-state index in [0.717, 1.165) is 25.7 Å². The Morgan fingerprint density at radius 1 is 1.19 bits per heavy atom. The van der Waals surface area contributed by atoms with Gasteiger partial charge < -0.3 is 9.64 Å². The first-order valence-corrected chi connectivity index (χ1v) is 8.69. The molecule has 3 fully saturated rings. The molecular formula is C17H30N2O2. The molecule has 2 bridgehead atoms. The number of nitrogens with zero attached hydrogens (tertiary/aromatic N) is 1. The molecule has 0 saturated carbocycles. The lowest BCUT2D eigenvalue weighted by atomic mass is 9.93. The van der Waals surface area contributed by atoms with Crippen LogP contribution in [0.25, 0.3) is 0 Å². The molecule has 3 heterocycles. The molecular weight excluding hydrogens is 264 g/mol. The van der Waals surface area contributed by atoms with E-state index in [0.29, 0.717) is 29.9 Å². The number of hydrogen-bond acceptors (Lipinski definition) is 3. The third-order valence-corrected chi connectivity index (χ3v) is 5.11. The van der Waals surface area contributed by atoms with Crippen LogP contribution < -0.4 is 5.32 Å². The van der Waals surface area contributed by atoms with E-state index in [1.807, 2.05) is 0 Å². The van der Waals surface area contributed by atoms with Crippen LogP contribution in [0.2, 0.25) is 0 Å². The van der Waals surface area contributed by atoms with Crippen LogP contribution in [0, 0.1) is 11.8 Å². The number of ether oxygens (including phenoxy) is 1. The number of fused-ring (bicyclic) bond motifs is 2. The van der Waals surface area contributed by atoms with Crippen molar-refractivity contribution in [3.8, 4) is 0 Å². The zero-order chi connectivity index (χ0) is 15.1. The largest absolute Gasteiger partial charge is 0.373 e. The Labute approximate surface area is 128 Å². The van der Waals surface area contributed by atoms with Gasteiger partial charge in [0.15, 0.2) is 0 Å². The van der Waals surface area contributed by atoms with E-state index in [1.165, 1.54) is 6.42 Å².